The fraction of sp³-hybridized carbons (Fsp3) is 0.130. The first-order valence-electron chi connectivity index (χ1n) is 9.83. The van der Waals surface area contributed by atoms with Gasteiger partial charge in [-0.3, -0.25) is 19.7 Å². The number of rotatable bonds is 5. The van der Waals surface area contributed by atoms with Crippen molar-refractivity contribution in [2.24, 2.45) is 0 Å². The van der Waals surface area contributed by atoms with Gasteiger partial charge in [-0.2, -0.15) is 0 Å². The van der Waals surface area contributed by atoms with Crippen molar-refractivity contribution in [2.45, 2.75) is 20.8 Å². The summed E-state index contributed by atoms with van der Waals surface area (Å²) < 4.78 is 0. The lowest BCUT2D eigenvalue weighted by Crippen LogP contribution is -2.32. The molecule has 168 valence electrons. The van der Waals surface area contributed by atoms with E-state index in [0.29, 0.717) is 32.7 Å². The summed E-state index contributed by atoms with van der Waals surface area (Å²) in [6.45, 7) is 5.54. The van der Waals surface area contributed by atoms with Gasteiger partial charge in [0.05, 0.1) is 11.4 Å². The van der Waals surface area contributed by atoms with Gasteiger partial charge in [0.2, 0.25) is 0 Å². The van der Waals surface area contributed by atoms with Crippen LogP contribution >= 0.6 is 34.5 Å². The highest BCUT2D eigenvalue weighted by Gasteiger charge is 2.39. The number of nitrogens with one attached hydrogen (secondary N) is 2. The first-order valence-corrected chi connectivity index (χ1v) is 11.4. The zero-order valence-corrected chi connectivity index (χ0v) is 20.2. The van der Waals surface area contributed by atoms with E-state index in [1.165, 1.54) is 11.3 Å². The van der Waals surface area contributed by atoms with Crippen molar-refractivity contribution >= 4 is 68.8 Å². The van der Waals surface area contributed by atoms with Gasteiger partial charge in [0.15, 0.2) is 5.13 Å². The molecule has 0 atom stereocenters. The average molecular weight is 501 g/mol. The molecule has 0 unspecified atom stereocenters. The maximum atomic E-state index is 13.0. The first-order chi connectivity index (χ1) is 15.7. The molecule has 7 nitrogen and oxygen atoms in total. The van der Waals surface area contributed by atoms with Crippen LogP contribution in [0.2, 0.25) is 5.02 Å². The smallest absolute Gasteiger partial charge is 0.283 e. The second-order valence-electron chi connectivity index (χ2n) is 7.34. The Kier molecular flexibility index (Phi) is 6.25. The lowest BCUT2D eigenvalue weighted by Gasteiger charge is -2.18. The number of anilines is 3. The third kappa shape index (κ3) is 4.37. The van der Waals surface area contributed by atoms with E-state index in [-0.39, 0.29) is 16.6 Å². The highest BCUT2D eigenvalue weighted by Crippen LogP contribution is 2.34. The van der Waals surface area contributed by atoms with Gasteiger partial charge in [-0.15, -0.1) is 11.3 Å². The average Bonchev–Trinajstić information content (AvgIpc) is 3.20. The summed E-state index contributed by atoms with van der Waals surface area (Å²) in [5.74, 6) is -1.53. The van der Waals surface area contributed by atoms with Crippen LogP contribution in [0.1, 0.15) is 26.5 Å². The molecule has 0 saturated heterocycles. The highest BCUT2D eigenvalue weighted by molar-refractivity contribution is 7.15. The van der Waals surface area contributed by atoms with Crippen LogP contribution in [0.3, 0.4) is 0 Å². The van der Waals surface area contributed by atoms with E-state index in [1.54, 1.807) is 49.4 Å². The van der Waals surface area contributed by atoms with E-state index in [9.17, 15) is 14.4 Å². The first kappa shape index (κ1) is 23.0. The van der Waals surface area contributed by atoms with E-state index in [2.05, 4.69) is 15.6 Å². The van der Waals surface area contributed by atoms with Gasteiger partial charge in [-0.05, 0) is 62.7 Å². The van der Waals surface area contributed by atoms with Crippen LogP contribution in [0.25, 0.3) is 0 Å². The Morgan fingerprint density at radius 2 is 1.70 bits per heavy atom. The number of carbonyl (C=O) groups is 3. The van der Waals surface area contributed by atoms with Gasteiger partial charge in [-0.25, -0.2) is 9.88 Å². The number of nitrogens with zero attached hydrogens (tertiary/aromatic N) is 2. The van der Waals surface area contributed by atoms with Crippen molar-refractivity contribution in [1.82, 2.24) is 4.98 Å². The number of imide groups is 1. The molecule has 3 aromatic rings. The zero-order chi connectivity index (χ0) is 23.9. The molecule has 1 aliphatic heterocycles. The predicted molar refractivity (Wildman–Crippen MR) is 131 cm³/mol. The number of carbonyl (C=O) groups excluding carboxylic acids is 3. The SMILES string of the molecule is Cc1nc(NC(=O)c2ccc(NC3=C(Cl)C(=O)N(c4cccc(Cl)c4C)C3=O)cc2)sc1C. The van der Waals surface area contributed by atoms with Crippen molar-refractivity contribution < 1.29 is 14.4 Å². The Morgan fingerprint density at radius 1 is 1.00 bits per heavy atom. The highest BCUT2D eigenvalue weighted by atomic mass is 35.5. The Bertz CT molecular complexity index is 1310. The normalized spacial score (nSPS) is 13.7. The Hall–Kier alpha value is -3.20. The number of amides is 3. The van der Waals surface area contributed by atoms with Crippen LogP contribution in [-0.2, 0) is 9.59 Å². The molecule has 0 fully saturated rings. The summed E-state index contributed by atoms with van der Waals surface area (Å²) in [7, 11) is 0. The molecule has 4 rings (SSSR count). The molecule has 2 heterocycles. The van der Waals surface area contributed by atoms with Crippen molar-refractivity contribution in [3.05, 3.63) is 79.9 Å². The number of aromatic nitrogens is 1. The minimum atomic E-state index is -0.639. The molecule has 0 spiro atoms. The molecule has 1 aromatic heterocycles. The molecule has 0 radical (unpaired) electrons. The van der Waals surface area contributed by atoms with Crippen molar-refractivity contribution in [3.63, 3.8) is 0 Å². The van der Waals surface area contributed by atoms with E-state index in [4.69, 9.17) is 23.2 Å². The molecule has 33 heavy (non-hydrogen) atoms. The number of thiazole rings is 1. The van der Waals surface area contributed by atoms with Gasteiger partial charge in [0, 0.05) is 21.2 Å². The monoisotopic (exact) mass is 500 g/mol. The van der Waals surface area contributed by atoms with E-state index in [0.717, 1.165) is 15.5 Å². The topological polar surface area (TPSA) is 91.4 Å². The maximum Gasteiger partial charge on any atom is 0.283 e. The van der Waals surface area contributed by atoms with Crippen LogP contribution in [-0.4, -0.2) is 22.7 Å². The number of hydrogen-bond acceptors (Lipinski definition) is 6. The predicted octanol–water partition coefficient (Wildman–Crippen LogP) is 5.41. The van der Waals surface area contributed by atoms with E-state index < -0.39 is 11.8 Å². The summed E-state index contributed by atoms with van der Waals surface area (Å²) in [6.07, 6.45) is 0. The molecule has 1 aliphatic rings. The molecule has 3 amide bonds. The standard InChI is InChI=1S/C23H18Cl2N4O3S/c1-11-16(24)5-4-6-17(11)29-21(31)18(25)19(22(29)32)27-15-9-7-14(8-10-15)20(30)28-23-26-12(2)13(3)33-23/h4-10,27H,1-3H3,(H,26,28,30). The molecular formula is C23H18Cl2N4O3S. The van der Waals surface area contributed by atoms with Crippen LogP contribution in [0, 0.1) is 20.8 Å². The van der Waals surface area contributed by atoms with Crippen molar-refractivity contribution in [3.8, 4) is 0 Å². The van der Waals surface area contributed by atoms with Crippen LogP contribution < -0.4 is 15.5 Å². The van der Waals surface area contributed by atoms with Crippen LogP contribution in [0.4, 0.5) is 16.5 Å². The van der Waals surface area contributed by atoms with Crippen LogP contribution in [0.15, 0.2) is 53.2 Å². The third-order valence-corrected chi connectivity index (χ3v) is 6.92. The molecule has 10 heteroatoms. The molecule has 0 saturated carbocycles. The Morgan fingerprint density at radius 3 is 2.33 bits per heavy atom. The second kappa shape index (κ2) is 8.97. The Labute approximate surface area is 204 Å². The van der Waals surface area contributed by atoms with Gasteiger partial charge in [0.25, 0.3) is 17.7 Å². The van der Waals surface area contributed by atoms with E-state index in [1.807, 2.05) is 13.8 Å². The Balaban J connectivity index is 1.50. The minimum Gasteiger partial charge on any atom is -0.350 e. The fourth-order valence-corrected chi connectivity index (χ4v) is 4.41. The molecule has 0 aliphatic carbocycles. The maximum absolute atomic E-state index is 13.0. The van der Waals surface area contributed by atoms with Crippen LogP contribution in [0.5, 0.6) is 0 Å². The lowest BCUT2D eigenvalue weighted by atomic mass is 10.2. The van der Waals surface area contributed by atoms with Gasteiger partial charge in [0.1, 0.15) is 10.7 Å². The summed E-state index contributed by atoms with van der Waals surface area (Å²) in [6, 6.07) is 11.4. The summed E-state index contributed by atoms with van der Waals surface area (Å²) >= 11 is 13.7. The third-order valence-electron chi connectivity index (χ3n) is 5.17. The zero-order valence-electron chi connectivity index (χ0n) is 17.8. The summed E-state index contributed by atoms with van der Waals surface area (Å²) in [5.41, 5.74) is 2.69. The summed E-state index contributed by atoms with van der Waals surface area (Å²) in [5, 5.41) is 6.39. The summed E-state index contributed by atoms with van der Waals surface area (Å²) in [4.78, 5) is 44.5. The fourth-order valence-electron chi connectivity index (χ4n) is 3.21. The molecular weight excluding hydrogens is 483 g/mol. The number of aryl methyl sites for hydroxylation is 2. The van der Waals surface area contributed by atoms with E-state index >= 15 is 0 Å². The lowest BCUT2D eigenvalue weighted by molar-refractivity contribution is -0.120. The molecule has 0 bridgehead atoms. The van der Waals surface area contributed by atoms with Crippen molar-refractivity contribution in [1.29, 1.82) is 0 Å². The van der Waals surface area contributed by atoms with Gasteiger partial charge < -0.3 is 5.32 Å². The minimum absolute atomic E-state index is 0.0491. The molecule has 2 aromatic carbocycles. The second-order valence-corrected chi connectivity index (χ2v) is 9.32. The van der Waals surface area contributed by atoms with Gasteiger partial charge in [-0.1, -0.05) is 29.3 Å². The largest absolute Gasteiger partial charge is 0.350 e. The number of benzene rings is 2. The molecule has 2 N–H and O–H groups in total. The number of halogens is 2. The number of hydrogen-bond donors (Lipinski definition) is 2. The van der Waals surface area contributed by atoms with Gasteiger partial charge >= 0.3 is 0 Å². The van der Waals surface area contributed by atoms with Crippen molar-refractivity contribution in [2.75, 3.05) is 15.5 Å². The quantitative estimate of drug-likeness (QED) is 0.457.